The number of hydrogen-bond acceptors (Lipinski definition) is 2. The first-order valence-corrected chi connectivity index (χ1v) is 2.89. The van der Waals surface area contributed by atoms with Gasteiger partial charge < -0.3 is 5.21 Å². The number of oxime groups is 1. The summed E-state index contributed by atoms with van der Waals surface area (Å²) in [7, 11) is 0. The number of hydrogen-bond donors (Lipinski definition) is 1. The summed E-state index contributed by atoms with van der Waals surface area (Å²) in [6.45, 7) is 2.12. The summed E-state index contributed by atoms with van der Waals surface area (Å²) >= 11 is 0. The van der Waals surface area contributed by atoms with Gasteiger partial charge in [-0.2, -0.15) is 0 Å². The van der Waals surface area contributed by atoms with Crippen molar-refractivity contribution in [2.75, 3.05) is 0 Å². The molecular weight excluding hydrogens is 102 g/mol. The predicted molar refractivity (Wildman–Crippen MR) is 34.1 cm³/mol. The Labute approximate surface area is 50.2 Å². The summed E-state index contributed by atoms with van der Waals surface area (Å²) in [5.41, 5.74) is 0. The van der Waals surface area contributed by atoms with E-state index in [0.717, 1.165) is 12.8 Å². The fourth-order valence-corrected chi connectivity index (χ4v) is 0.444. The second-order valence-corrected chi connectivity index (χ2v) is 1.61. The lowest BCUT2D eigenvalue weighted by Crippen LogP contribution is -1.76. The lowest BCUT2D eigenvalue weighted by atomic mass is 10.2. The van der Waals surface area contributed by atoms with Crippen LogP contribution in [0.3, 0.4) is 0 Å². The predicted octanol–water partition coefficient (Wildman–Crippen LogP) is 1.84. The maximum absolute atomic E-state index is 7.92. The molecule has 0 unspecified atom stereocenters. The van der Waals surface area contributed by atoms with Crippen molar-refractivity contribution in [2.24, 2.45) is 5.16 Å². The minimum atomic E-state index is 0.782. The molecule has 1 N–H and O–H groups in total. The summed E-state index contributed by atoms with van der Waals surface area (Å²) in [5.74, 6) is 0. The molecule has 0 aliphatic heterocycles. The van der Waals surface area contributed by atoms with Crippen LogP contribution in [0.2, 0.25) is 0 Å². The fraction of sp³-hybridized carbons (Fsp3) is 0.667. The maximum Gasteiger partial charge on any atom is 0.0438 e. The van der Waals surface area contributed by atoms with Crippen molar-refractivity contribution in [3.8, 4) is 0 Å². The van der Waals surface area contributed by atoms with Crippen LogP contribution in [-0.2, 0) is 0 Å². The summed E-state index contributed by atoms with van der Waals surface area (Å²) in [5, 5.41) is 10.8. The zero-order valence-electron chi connectivity index (χ0n) is 5.17. The third-order valence-corrected chi connectivity index (χ3v) is 0.847. The van der Waals surface area contributed by atoms with Crippen molar-refractivity contribution in [3.05, 3.63) is 6.42 Å². The van der Waals surface area contributed by atoms with Crippen LogP contribution < -0.4 is 0 Å². The van der Waals surface area contributed by atoms with Gasteiger partial charge in [-0.15, -0.1) is 5.16 Å². The summed E-state index contributed by atoms with van der Waals surface area (Å²) in [6, 6.07) is 0. The average molecular weight is 114 g/mol. The van der Waals surface area contributed by atoms with Crippen LogP contribution in [0.5, 0.6) is 0 Å². The first-order chi connectivity index (χ1) is 3.91. The van der Waals surface area contributed by atoms with E-state index in [0.29, 0.717) is 0 Å². The second-order valence-electron chi connectivity index (χ2n) is 1.61. The Morgan fingerprint density at radius 3 is 2.88 bits per heavy atom. The zero-order valence-corrected chi connectivity index (χ0v) is 5.17. The zero-order chi connectivity index (χ0) is 6.24. The Morgan fingerprint density at radius 1 is 1.62 bits per heavy atom. The van der Waals surface area contributed by atoms with Crippen molar-refractivity contribution >= 4 is 6.21 Å². The smallest absolute Gasteiger partial charge is 0.0438 e. The average Bonchev–Trinajstić information content (AvgIpc) is 1.81. The molecule has 47 valence electrons. The van der Waals surface area contributed by atoms with Gasteiger partial charge in [0.05, 0.1) is 0 Å². The Bertz CT molecular complexity index is 61.5. The van der Waals surface area contributed by atoms with Crippen LogP contribution in [0.4, 0.5) is 0 Å². The maximum atomic E-state index is 7.92. The number of nitrogens with zero attached hydrogens (tertiary/aromatic N) is 1. The topological polar surface area (TPSA) is 32.6 Å². The summed E-state index contributed by atoms with van der Waals surface area (Å²) in [4.78, 5) is 0. The van der Waals surface area contributed by atoms with Crippen molar-refractivity contribution in [1.29, 1.82) is 0 Å². The van der Waals surface area contributed by atoms with Crippen LogP contribution in [0, 0.1) is 6.42 Å². The number of unbranched alkanes of at least 4 members (excludes halogenated alkanes) is 3. The van der Waals surface area contributed by atoms with Crippen molar-refractivity contribution in [3.63, 3.8) is 0 Å². The van der Waals surface area contributed by atoms with Crippen LogP contribution in [0.1, 0.15) is 26.2 Å². The van der Waals surface area contributed by atoms with E-state index in [4.69, 9.17) is 5.21 Å². The molecule has 0 amide bonds. The molecule has 2 nitrogen and oxygen atoms in total. The van der Waals surface area contributed by atoms with E-state index < -0.39 is 0 Å². The monoisotopic (exact) mass is 114 g/mol. The fourth-order valence-electron chi connectivity index (χ4n) is 0.444. The van der Waals surface area contributed by atoms with Gasteiger partial charge in [-0.25, -0.2) is 0 Å². The molecule has 0 saturated carbocycles. The molecule has 0 bridgehead atoms. The van der Waals surface area contributed by atoms with Crippen molar-refractivity contribution in [1.82, 2.24) is 0 Å². The van der Waals surface area contributed by atoms with E-state index in [1.807, 2.05) is 0 Å². The molecule has 8 heavy (non-hydrogen) atoms. The van der Waals surface area contributed by atoms with Crippen LogP contribution in [0.15, 0.2) is 5.16 Å². The molecule has 0 fully saturated rings. The Balaban J connectivity index is 2.72. The molecule has 0 aromatic rings. The largest absolute Gasteiger partial charge is 0.411 e. The van der Waals surface area contributed by atoms with E-state index >= 15 is 0 Å². The van der Waals surface area contributed by atoms with Gasteiger partial charge in [0.1, 0.15) is 0 Å². The Hall–Kier alpha value is -0.530. The summed E-state index contributed by atoms with van der Waals surface area (Å²) < 4.78 is 0. The molecular formula is C6H12NO. The Kier molecular flexibility index (Phi) is 6.04. The highest BCUT2D eigenvalue weighted by atomic mass is 16.4. The number of rotatable bonds is 4. The van der Waals surface area contributed by atoms with E-state index in [1.165, 1.54) is 12.6 Å². The van der Waals surface area contributed by atoms with E-state index in [9.17, 15) is 0 Å². The standard InChI is InChI=1S/C6H12NO/c1-2-3-4-5-6-7-8/h4,6,8H,2-3,5H2,1H3. The lowest BCUT2D eigenvalue weighted by Gasteiger charge is -1.87. The van der Waals surface area contributed by atoms with Gasteiger partial charge in [0.2, 0.25) is 0 Å². The minimum Gasteiger partial charge on any atom is -0.411 e. The molecule has 0 saturated heterocycles. The van der Waals surface area contributed by atoms with Crippen LogP contribution in [0.25, 0.3) is 0 Å². The Morgan fingerprint density at radius 2 is 2.38 bits per heavy atom. The van der Waals surface area contributed by atoms with Crippen LogP contribution in [-0.4, -0.2) is 11.4 Å². The highest BCUT2D eigenvalue weighted by molar-refractivity contribution is 5.57. The molecule has 0 aliphatic rings. The molecule has 0 aromatic carbocycles. The summed E-state index contributed by atoms with van der Waals surface area (Å²) in [6.07, 6.45) is 6.62. The second kappa shape index (κ2) is 6.47. The van der Waals surface area contributed by atoms with Crippen LogP contribution >= 0.6 is 0 Å². The van der Waals surface area contributed by atoms with E-state index in [1.54, 1.807) is 0 Å². The molecule has 0 aromatic heterocycles. The molecule has 1 radical (unpaired) electrons. The van der Waals surface area contributed by atoms with Gasteiger partial charge in [0, 0.05) is 6.21 Å². The highest BCUT2D eigenvalue weighted by Gasteiger charge is 1.80. The first-order valence-electron chi connectivity index (χ1n) is 2.89. The molecule has 0 atom stereocenters. The minimum absolute atomic E-state index is 0.782. The van der Waals surface area contributed by atoms with Crippen molar-refractivity contribution < 1.29 is 5.21 Å². The molecule has 0 rings (SSSR count). The van der Waals surface area contributed by atoms with E-state index in [2.05, 4.69) is 18.5 Å². The van der Waals surface area contributed by atoms with E-state index in [-0.39, 0.29) is 0 Å². The third-order valence-electron chi connectivity index (χ3n) is 0.847. The van der Waals surface area contributed by atoms with Gasteiger partial charge in [-0.3, -0.25) is 0 Å². The quantitative estimate of drug-likeness (QED) is 0.257. The van der Waals surface area contributed by atoms with Gasteiger partial charge >= 0.3 is 0 Å². The molecule has 0 spiro atoms. The van der Waals surface area contributed by atoms with Gasteiger partial charge in [0.15, 0.2) is 0 Å². The van der Waals surface area contributed by atoms with Gasteiger partial charge in [-0.05, 0) is 12.8 Å². The SMILES string of the molecule is CCC[CH]CC=NO. The lowest BCUT2D eigenvalue weighted by molar-refractivity contribution is 0.320. The first kappa shape index (κ1) is 7.47. The van der Waals surface area contributed by atoms with Gasteiger partial charge in [-0.1, -0.05) is 19.8 Å². The third kappa shape index (κ3) is 5.47. The van der Waals surface area contributed by atoms with Crippen molar-refractivity contribution in [2.45, 2.75) is 26.2 Å². The molecule has 0 aliphatic carbocycles. The van der Waals surface area contributed by atoms with Gasteiger partial charge in [0.25, 0.3) is 0 Å². The molecule has 2 heteroatoms. The highest BCUT2D eigenvalue weighted by Crippen LogP contribution is 1.93. The normalized spacial score (nSPS) is 10.6. The molecule has 0 heterocycles.